The number of carbonyl (C=O) groups excluding carboxylic acids is 1. The zero-order valence-electron chi connectivity index (χ0n) is 11.6. The molecule has 0 radical (unpaired) electrons. The fourth-order valence-electron chi connectivity index (χ4n) is 2.20. The molecule has 1 aromatic heterocycles. The lowest BCUT2D eigenvalue weighted by Gasteiger charge is -2.29. The maximum absolute atomic E-state index is 11.8. The predicted molar refractivity (Wildman–Crippen MR) is 68.8 cm³/mol. The minimum Gasteiger partial charge on any atom is -0.449 e. The first kappa shape index (κ1) is 13.8. The van der Waals surface area contributed by atoms with Crippen molar-refractivity contribution in [3.8, 4) is 0 Å². The molecule has 0 N–H and O–H groups in total. The molecule has 106 valence electrons. The Labute approximate surface area is 113 Å². The first-order chi connectivity index (χ1) is 9.20. The molecule has 6 nitrogen and oxygen atoms in total. The van der Waals surface area contributed by atoms with Gasteiger partial charge >= 0.3 is 6.09 Å². The van der Waals surface area contributed by atoms with Crippen molar-refractivity contribution in [2.45, 2.75) is 45.4 Å². The van der Waals surface area contributed by atoms with Crippen LogP contribution in [0.4, 0.5) is 4.79 Å². The lowest BCUT2D eigenvalue weighted by molar-refractivity contribution is 0.0910. The van der Waals surface area contributed by atoms with Crippen LogP contribution in [0.2, 0.25) is 0 Å². The molecule has 6 heteroatoms. The Morgan fingerprint density at radius 2 is 2.21 bits per heavy atom. The molecule has 1 amide bonds. The monoisotopic (exact) mass is 267 g/mol. The Bertz CT molecular complexity index is 411. The minimum absolute atomic E-state index is 0.198. The fourth-order valence-corrected chi connectivity index (χ4v) is 2.20. The van der Waals surface area contributed by atoms with Gasteiger partial charge in [-0.3, -0.25) is 0 Å². The summed E-state index contributed by atoms with van der Waals surface area (Å²) in [6.45, 7) is 5.77. The second-order valence-corrected chi connectivity index (χ2v) is 4.90. The van der Waals surface area contributed by atoms with Crippen LogP contribution in [-0.4, -0.2) is 40.8 Å². The van der Waals surface area contributed by atoms with E-state index in [1.165, 1.54) is 0 Å². The number of unbranched alkanes of at least 4 members (excludes halogenated alkanes) is 1. The highest BCUT2D eigenvalue weighted by atomic mass is 16.6. The van der Waals surface area contributed by atoms with Crippen LogP contribution in [0.5, 0.6) is 0 Å². The van der Waals surface area contributed by atoms with Gasteiger partial charge in [0.1, 0.15) is 0 Å². The van der Waals surface area contributed by atoms with Gasteiger partial charge in [-0.15, -0.1) is 0 Å². The predicted octanol–water partition coefficient (Wildman–Crippen LogP) is 2.49. The SMILES string of the molecule is CCCCOC(=O)N1CCC(c2noc(C)n2)CC1. The average molecular weight is 267 g/mol. The third-order valence-corrected chi connectivity index (χ3v) is 3.39. The van der Waals surface area contributed by atoms with Crippen LogP contribution < -0.4 is 0 Å². The van der Waals surface area contributed by atoms with Gasteiger partial charge in [-0.2, -0.15) is 4.98 Å². The van der Waals surface area contributed by atoms with E-state index < -0.39 is 0 Å². The van der Waals surface area contributed by atoms with Crippen LogP contribution in [-0.2, 0) is 4.74 Å². The van der Waals surface area contributed by atoms with Gasteiger partial charge in [-0.1, -0.05) is 18.5 Å². The van der Waals surface area contributed by atoms with E-state index in [1.54, 1.807) is 11.8 Å². The molecule has 0 aromatic carbocycles. The average Bonchev–Trinajstić information content (AvgIpc) is 2.86. The van der Waals surface area contributed by atoms with Crippen LogP contribution in [0.3, 0.4) is 0 Å². The normalized spacial score (nSPS) is 16.6. The maximum Gasteiger partial charge on any atom is 0.409 e. The highest BCUT2D eigenvalue weighted by Crippen LogP contribution is 2.26. The summed E-state index contributed by atoms with van der Waals surface area (Å²) < 4.78 is 10.2. The van der Waals surface area contributed by atoms with Crippen molar-refractivity contribution in [1.29, 1.82) is 0 Å². The van der Waals surface area contributed by atoms with E-state index >= 15 is 0 Å². The third-order valence-electron chi connectivity index (χ3n) is 3.39. The second kappa shape index (κ2) is 6.54. The van der Waals surface area contributed by atoms with E-state index in [2.05, 4.69) is 17.1 Å². The van der Waals surface area contributed by atoms with Crippen molar-refractivity contribution in [1.82, 2.24) is 15.0 Å². The van der Waals surface area contributed by atoms with Gasteiger partial charge in [0.05, 0.1) is 6.61 Å². The quantitative estimate of drug-likeness (QED) is 0.784. The molecule has 0 bridgehead atoms. The number of aryl methyl sites for hydroxylation is 1. The number of likely N-dealkylation sites (tertiary alicyclic amines) is 1. The van der Waals surface area contributed by atoms with E-state index in [-0.39, 0.29) is 12.0 Å². The molecule has 1 aliphatic heterocycles. The highest BCUT2D eigenvalue weighted by molar-refractivity contribution is 5.67. The first-order valence-electron chi connectivity index (χ1n) is 6.92. The van der Waals surface area contributed by atoms with E-state index in [4.69, 9.17) is 9.26 Å². The fraction of sp³-hybridized carbons (Fsp3) is 0.769. The van der Waals surface area contributed by atoms with E-state index in [0.717, 1.165) is 31.5 Å². The third kappa shape index (κ3) is 3.68. The number of ether oxygens (including phenoxy) is 1. The molecule has 0 atom stereocenters. The number of aromatic nitrogens is 2. The maximum atomic E-state index is 11.8. The summed E-state index contributed by atoms with van der Waals surface area (Å²) in [7, 11) is 0. The van der Waals surface area contributed by atoms with Crippen molar-refractivity contribution in [2.24, 2.45) is 0 Å². The highest BCUT2D eigenvalue weighted by Gasteiger charge is 2.27. The topological polar surface area (TPSA) is 68.5 Å². The van der Waals surface area contributed by atoms with E-state index in [1.807, 2.05) is 0 Å². The Hall–Kier alpha value is -1.59. The number of piperidine rings is 1. The van der Waals surface area contributed by atoms with E-state index in [0.29, 0.717) is 25.6 Å². The van der Waals surface area contributed by atoms with Crippen molar-refractivity contribution < 1.29 is 14.1 Å². The zero-order valence-corrected chi connectivity index (χ0v) is 11.6. The van der Waals surface area contributed by atoms with Crippen LogP contribution in [0.25, 0.3) is 0 Å². The number of amides is 1. The summed E-state index contributed by atoms with van der Waals surface area (Å²) >= 11 is 0. The number of hydrogen-bond donors (Lipinski definition) is 0. The van der Waals surface area contributed by atoms with Crippen LogP contribution >= 0.6 is 0 Å². The van der Waals surface area contributed by atoms with Gasteiger partial charge in [-0.25, -0.2) is 4.79 Å². The smallest absolute Gasteiger partial charge is 0.409 e. The molecule has 1 saturated heterocycles. The summed E-state index contributed by atoms with van der Waals surface area (Å²) in [6, 6.07) is 0. The zero-order chi connectivity index (χ0) is 13.7. The minimum atomic E-state index is -0.198. The second-order valence-electron chi connectivity index (χ2n) is 4.90. The molecular weight excluding hydrogens is 246 g/mol. The van der Waals surface area contributed by atoms with Crippen LogP contribution in [0.15, 0.2) is 4.52 Å². The summed E-state index contributed by atoms with van der Waals surface area (Å²) in [6.07, 6.45) is 3.48. The van der Waals surface area contributed by atoms with Gasteiger partial charge < -0.3 is 14.2 Å². The molecule has 0 aliphatic carbocycles. The molecular formula is C13H21N3O3. The number of hydrogen-bond acceptors (Lipinski definition) is 5. The Morgan fingerprint density at radius 1 is 1.47 bits per heavy atom. The van der Waals surface area contributed by atoms with Gasteiger partial charge in [-0.05, 0) is 19.3 Å². The number of rotatable bonds is 4. The van der Waals surface area contributed by atoms with E-state index in [9.17, 15) is 4.79 Å². The molecule has 1 fully saturated rings. The van der Waals surface area contributed by atoms with Crippen LogP contribution in [0, 0.1) is 6.92 Å². The van der Waals surface area contributed by atoms with Gasteiger partial charge in [0, 0.05) is 25.9 Å². The van der Waals surface area contributed by atoms with Crippen molar-refractivity contribution in [3.05, 3.63) is 11.7 Å². The number of nitrogens with zero attached hydrogens (tertiary/aromatic N) is 3. The largest absolute Gasteiger partial charge is 0.449 e. The van der Waals surface area contributed by atoms with Crippen molar-refractivity contribution >= 4 is 6.09 Å². The molecule has 0 unspecified atom stereocenters. The summed E-state index contributed by atoms with van der Waals surface area (Å²) in [5, 5.41) is 3.95. The molecule has 0 saturated carbocycles. The Kier molecular flexibility index (Phi) is 4.76. The Morgan fingerprint density at radius 3 is 2.79 bits per heavy atom. The van der Waals surface area contributed by atoms with Gasteiger partial charge in [0.15, 0.2) is 5.82 Å². The van der Waals surface area contributed by atoms with Crippen LogP contribution in [0.1, 0.15) is 50.2 Å². The molecule has 1 aromatic rings. The molecule has 19 heavy (non-hydrogen) atoms. The lowest BCUT2D eigenvalue weighted by atomic mass is 9.96. The summed E-state index contributed by atoms with van der Waals surface area (Å²) in [5.41, 5.74) is 0. The van der Waals surface area contributed by atoms with Crippen molar-refractivity contribution in [3.63, 3.8) is 0 Å². The molecule has 2 heterocycles. The molecule has 0 spiro atoms. The van der Waals surface area contributed by atoms with Crippen molar-refractivity contribution in [2.75, 3.05) is 19.7 Å². The first-order valence-corrected chi connectivity index (χ1v) is 6.92. The Balaban J connectivity index is 1.77. The van der Waals surface area contributed by atoms with Gasteiger partial charge in [0.25, 0.3) is 0 Å². The molecule has 1 aliphatic rings. The number of carbonyl (C=O) groups is 1. The lowest BCUT2D eigenvalue weighted by Crippen LogP contribution is -2.38. The summed E-state index contributed by atoms with van der Waals surface area (Å²) in [4.78, 5) is 17.8. The summed E-state index contributed by atoms with van der Waals surface area (Å²) in [5.74, 6) is 1.64. The standard InChI is InChI=1S/C13H21N3O3/c1-3-4-9-18-13(17)16-7-5-11(6-8-16)12-14-10(2)19-15-12/h11H,3-9H2,1-2H3. The van der Waals surface area contributed by atoms with Gasteiger partial charge in [0.2, 0.25) is 5.89 Å². The molecule has 2 rings (SSSR count).